The first kappa shape index (κ1) is 7.56. The first-order valence-electron chi connectivity index (χ1n) is 3.26. The second-order valence-electron chi connectivity index (χ2n) is 2.35. The molecule has 7 heteroatoms. The number of nitrogens with one attached hydrogen (secondary N) is 2. The molecule has 0 fully saturated rings. The van der Waals surface area contributed by atoms with Crippen LogP contribution in [-0.4, -0.2) is 28.0 Å². The van der Waals surface area contributed by atoms with Crippen LogP contribution in [0.25, 0.3) is 0 Å². The Morgan fingerprint density at radius 1 is 1.58 bits per heavy atom. The van der Waals surface area contributed by atoms with Crippen LogP contribution in [-0.2, 0) is 14.8 Å². The third-order valence-electron chi connectivity index (χ3n) is 1.66. The van der Waals surface area contributed by atoms with E-state index in [9.17, 15) is 8.42 Å². The number of ether oxygens (including phenoxy) is 1. The Hall–Kier alpha value is -1.08. The van der Waals surface area contributed by atoms with E-state index in [2.05, 4.69) is 15.2 Å². The first-order chi connectivity index (χ1) is 5.65. The standard InChI is InChI=1S/C5H7N3O3S/c1-11-5-4-3(2-6-7-4)12(9,10)8-5/h6-7H,2H2,1H3. The Balaban J connectivity index is 2.56. The van der Waals surface area contributed by atoms with Gasteiger partial charge < -0.3 is 10.2 Å². The van der Waals surface area contributed by atoms with Gasteiger partial charge in [-0.25, -0.2) is 5.43 Å². The second kappa shape index (κ2) is 2.20. The predicted octanol–water partition coefficient (Wildman–Crippen LogP) is -1.31. The first-order valence-corrected chi connectivity index (χ1v) is 4.70. The number of rotatable bonds is 0. The molecule has 0 spiro atoms. The smallest absolute Gasteiger partial charge is 0.285 e. The molecule has 2 heterocycles. The summed E-state index contributed by atoms with van der Waals surface area (Å²) >= 11 is 0. The molecule has 2 N–H and O–H groups in total. The van der Waals surface area contributed by atoms with Crippen LogP contribution >= 0.6 is 0 Å². The molecule has 0 aromatic carbocycles. The van der Waals surface area contributed by atoms with Gasteiger partial charge in [0.1, 0.15) is 10.6 Å². The van der Waals surface area contributed by atoms with Gasteiger partial charge in [0.15, 0.2) is 0 Å². The van der Waals surface area contributed by atoms with Gasteiger partial charge >= 0.3 is 0 Å². The molecule has 2 rings (SSSR count). The van der Waals surface area contributed by atoms with Gasteiger partial charge in [-0.15, -0.1) is 4.40 Å². The average Bonchev–Trinajstić information content (AvgIpc) is 2.54. The molecule has 0 saturated heterocycles. The number of hydrazine groups is 1. The largest absolute Gasteiger partial charge is 0.479 e. The van der Waals surface area contributed by atoms with Crippen molar-refractivity contribution in [3.8, 4) is 0 Å². The maximum Gasteiger partial charge on any atom is 0.285 e. The lowest BCUT2D eigenvalue weighted by Gasteiger charge is -2.01. The van der Waals surface area contributed by atoms with Crippen LogP contribution < -0.4 is 10.9 Å². The van der Waals surface area contributed by atoms with Crippen LogP contribution in [0, 0.1) is 0 Å². The highest BCUT2D eigenvalue weighted by Gasteiger charge is 2.36. The van der Waals surface area contributed by atoms with Gasteiger partial charge in [0.05, 0.1) is 13.7 Å². The Morgan fingerprint density at radius 2 is 2.33 bits per heavy atom. The molecule has 0 aromatic heterocycles. The number of hydrogen-bond donors (Lipinski definition) is 2. The third kappa shape index (κ3) is 0.833. The van der Waals surface area contributed by atoms with Crippen LogP contribution in [0.4, 0.5) is 0 Å². The molecular formula is C5H7N3O3S. The van der Waals surface area contributed by atoms with Crippen molar-refractivity contribution in [2.75, 3.05) is 13.7 Å². The quantitative estimate of drug-likeness (QED) is 0.495. The van der Waals surface area contributed by atoms with Crippen molar-refractivity contribution >= 4 is 15.9 Å². The number of methoxy groups -OCH3 is 1. The van der Waals surface area contributed by atoms with E-state index in [1.165, 1.54) is 7.11 Å². The minimum Gasteiger partial charge on any atom is -0.479 e. The molecule has 0 saturated carbocycles. The average molecular weight is 189 g/mol. The molecule has 2 aliphatic rings. The minimum absolute atomic E-state index is 0.120. The lowest BCUT2D eigenvalue weighted by atomic mass is 10.4. The van der Waals surface area contributed by atoms with Gasteiger partial charge in [0.25, 0.3) is 15.9 Å². The van der Waals surface area contributed by atoms with E-state index in [4.69, 9.17) is 4.74 Å². The van der Waals surface area contributed by atoms with Crippen molar-refractivity contribution in [2.45, 2.75) is 0 Å². The molecule has 66 valence electrons. The van der Waals surface area contributed by atoms with Crippen LogP contribution in [0.1, 0.15) is 0 Å². The van der Waals surface area contributed by atoms with Crippen LogP contribution in [0.2, 0.25) is 0 Å². The van der Waals surface area contributed by atoms with Crippen molar-refractivity contribution in [3.05, 3.63) is 10.6 Å². The molecular weight excluding hydrogens is 182 g/mol. The summed E-state index contributed by atoms with van der Waals surface area (Å²) in [5, 5.41) is 0. The molecule has 6 nitrogen and oxygen atoms in total. The Kier molecular flexibility index (Phi) is 1.39. The second-order valence-corrected chi connectivity index (χ2v) is 3.98. The zero-order valence-electron chi connectivity index (χ0n) is 6.29. The van der Waals surface area contributed by atoms with Crippen molar-refractivity contribution in [1.82, 2.24) is 10.9 Å². The maximum atomic E-state index is 11.2. The normalized spacial score (nSPS) is 24.9. The number of hydrogen-bond acceptors (Lipinski definition) is 5. The molecule has 0 aliphatic carbocycles. The van der Waals surface area contributed by atoms with E-state index in [0.29, 0.717) is 5.70 Å². The Morgan fingerprint density at radius 3 is 3.00 bits per heavy atom. The van der Waals surface area contributed by atoms with Gasteiger partial charge in [-0.05, 0) is 0 Å². The lowest BCUT2D eigenvalue weighted by molar-refractivity contribution is 0.401. The molecule has 0 atom stereocenters. The summed E-state index contributed by atoms with van der Waals surface area (Å²) in [6.07, 6.45) is 0. The number of nitrogens with zero attached hydrogens (tertiary/aromatic N) is 1. The van der Waals surface area contributed by atoms with E-state index in [1.54, 1.807) is 0 Å². The molecule has 0 radical (unpaired) electrons. The van der Waals surface area contributed by atoms with Crippen LogP contribution in [0.5, 0.6) is 0 Å². The van der Waals surface area contributed by atoms with E-state index >= 15 is 0 Å². The van der Waals surface area contributed by atoms with Gasteiger partial charge in [0.2, 0.25) is 0 Å². The topological polar surface area (TPSA) is 79.8 Å². The van der Waals surface area contributed by atoms with Gasteiger partial charge in [0, 0.05) is 0 Å². The molecule has 0 unspecified atom stereocenters. The predicted molar refractivity (Wildman–Crippen MR) is 41.5 cm³/mol. The van der Waals surface area contributed by atoms with Crippen molar-refractivity contribution in [1.29, 1.82) is 0 Å². The lowest BCUT2D eigenvalue weighted by Crippen LogP contribution is -2.28. The van der Waals surface area contributed by atoms with Gasteiger partial charge in [-0.2, -0.15) is 8.42 Å². The maximum absolute atomic E-state index is 11.2. The zero-order valence-corrected chi connectivity index (χ0v) is 7.10. The van der Waals surface area contributed by atoms with Crippen LogP contribution in [0.3, 0.4) is 0 Å². The fourth-order valence-electron chi connectivity index (χ4n) is 1.11. The van der Waals surface area contributed by atoms with Gasteiger partial charge in [-0.3, -0.25) is 0 Å². The minimum atomic E-state index is -3.47. The third-order valence-corrected chi connectivity index (χ3v) is 3.04. The SMILES string of the molecule is COC1=NS(=O)(=O)C2=C1NNC2. The summed E-state index contributed by atoms with van der Waals surface area (Å²) in [7, 11) is -2.09. The fourth-order valence-corrected chi connectivity index (χ4v) is 2.26. The van der Waals surface area contributed by atoms with E-state index < -0.39 is 10.0 Å². The highest BCUT2D eigenvalue weighted by molar-refractivity contribution is 7.94. The molecule has 2 aliphatic heterocycles. The van der Waals surface area contributed by atoms with Crippen molar-refractivity contribution in [2.24, 2.45) is 4.40 Å². The monoisotopic (exact) mass is 189 g/mol. The fraction of sp³-hybridized carbons (Fsp3) is 0.400. The summed E-state index contributed by atoms with van der Waals surface area (Å²) in [6, 6.07) is 0. The van der Waals surface area contributed by atoms with Crippen molar-refractivity contribution in [3.63, 3.8) is 0 Å². The molecule has 0 aromatic rings. The highest BCUT2D eigenvalue weighted by Crippen LogP contribution is 2.23. The molecule has 0 bridgehead atoms. The van der Waals surface area contributed by atoms with E-state index in [0.717, 1.165) is 0 Å². The Bertz CT molecular complexity index is 381. The van der Waals surface area contributed by atoms with E-state index in [-0.39, 0.29) is 17.3 Å². The summed E-state index contributed by atoms with van der Waals surface area (Å²) in [5.41, 5.74) is 5.78. The molecule has 0 amide bonds. The zero-order chi connectivity index (χ0) is 8.77. The van der Waals surface area contributed by atoms with Crippen molar-refractivity contribution < 1.29 is 13.2 Å². The van der Waals surface area contributed by atoms with E-state index in [1.807, 2.05) is 0 Å². The van der Waals surface area contributed by atoms with Crippen LogP contribution in [0.15, 0.2) is 15.0 Å². The highest BCUT2D eigenvalue weighted by atomic mass is 32.2. The number of sulfonamides is 1. The summed E-state index contributed by atoms with van der Waals surface area (Å²) in [6.45, 7) is 0.258. The molecule has 12 heavy (non-hydrogen) atoms. The summed E-state index contributed by atoms with van der Waals surface area (Å²) in [4.78, 5) is 0.249. The Labute approximate surface area is 69.3 Å². The summed E-state index contributed by atoms with van der Waals surface area (Å²) < 4.78 is 30.6. The summed E-state index contributed by atoms with van der Waals surface area (Å²) in [5.74, 6) is 0.120. The van der Waals surface area contributed by atoms with Gasteiger partial charge in [-0.1, -0.05) is 0 Å².